The van der Waals surface area contributed by atoms with E-state index in [1.165, 1.54) is 4.90 Å². The molecule has 0 atom stereocenters. The van der Waals surface area contributed by atoms with Gasteiger partial charge in [0.05, 0.1) is 5.56 Å². The van der Waals surface area contributed by atoms with Crippen LogP contribution in [0.4, 0.5) is 13.2 Å². The Morgan fingerprint density at radius 3 is 2.32 bits per heavy atom. The number of likely N-dealkylation sites (tertiary alicyclic amines) is 1. The highest BCUT2D eigenvalue weighted by Gasteiger charge is 2.28. The smallest absolute Gasteiger partial charge is 0.258 e. The van der Waals surface area contributed by atoms with Crippen LogP contribution in [0.5, 0.6) is 5.75 Å². The zero-order chi connectivity index (χ0) is 22.7. The Kier molecular flexibility index (Phi) is 6.87. The molecule has 0 radical (unpaired) electrons. The van der Waals surface area contributed by atoms with Crippen LogP contribution in [-0.4, -0.2) is 42.5 Å². The molecule has 0 unspecified atom stereocenters. The van der Waals surface area contributed by atoms with E-state index in [9.17, 15) is 22.8 Å². The van der Waals surface area contributed by atoms with E-state index in [0.29, 0.717) is 18.6 Å². The monoisotopic (exact) mass is 434 g/mol. The van der Waals surface area contributed by atoms with E-state index in [1.807, 2.05) is 32.9 Å². The molecule has 0 bridgehead atoms. The van der Waals surface area contributed by atoms with Gasteiger partial charge in [-0.15, -0.1) is 0 Å². The number of hydrogen-bond acceptors (Lipinski definition) is 3. The minimum Gasteiger partial charge on any atom is -0.483 e. The van der Waals surface area contributed by atoms with E-state index in [1.54, 1.807) is 0 Å². The molecule has 0 aromatic heterocycles. The van der Waals surface area contributed by atoms with E-state index in [0.717, 1.165) is 28.8 Å². The maximum absolute atomic E-state index is 13.9. The summed E-state index contributed by atoms with van der Waals surface area (Å²) in [5.74, 6) is -4.75. The Morgan fingerprint density at radius 2 is 1.65 bits per heavy atom. The first-order chi connectivity index (χ1) is 14.7. The maximum Gasteiger partial charge on any atom is 0.258 e. The molecule has 166 valence electrons. The number of hydrogen-bond donors (Lipinski definition) is 1. The predicted octanol–water partition coefficient (Wildman–Crippen LogP) is 3.83. The Bertz CT molecular complexity index is 1000. The lowest BCUT2D eigenvalue weighted by atomic mass is 10.0. The molecule has 2 aromatic carbocycles. The van der Waals surface area contributed by atoms with Crippen LogP contribution in [-0.2, 0) is 4.79 Å². The zero-order valence-electron chi connectivity index (χ0n) is 17.7. The molecule has 1 fully saturated rings. The van der Waals surface area contributed by atoms with Crippen molar-refractivity contribution in [1.29, 1.82) is 0 Å². The highest BCUT2D eigenvalue weighted by atomic mass is 19.2. The molecule has 0 saturated carbocycles. The van der Waals surface area contributed by atoms with Crippen molar-refractivity contribution in [3.05, 3.63) is 64.0 Å². The predicted molar refractivity (Wildman–Crippen MR) is 110 cm³/mol. The molecule has 0 aliphatic carbocycles. The topological polar surface area (TPSA) is 58.6 Å². The number of halogens is 3. The molecular formula is C23H25F3N2O3. The van der Waals surface area contributed by atoms with Crippen LogP contribution in [0.1, 0.15) is 39.9 Å². The highest BCUT2D eigenvalue weighted by Crippen LogP contribution is 2.25. The van der Waals surface area contributed by atoms with E-state index >= 15 is 0 Å². The maximum atomic E-state index is 13.9. The number of piperidine rings is 1. The van der Waals surface area contributed by atoms with E-state index in [4.69, 9.17) is 4.74 Å². The van der Waals surface area contributed by atoms with Crippen molar-refractivity contribution in [2.24, 2.45) is 0 Å². The van der Waals surface area contributed by atoms with Crippen molar-refractivity contribution in [2.75, 3.05) is 19.7 Å². The summed E-state index contributed by atoms with van der Waals surface area (Å²) in [4.78, 5) is 26.1. The third-order valence-electron chi connectivity index (χ3n) is 5.63. The Morgan fingerprint density at radius 1 is 1.00 bits per heavy atom. The van der Waals surface area contributed by atoms with Crippen LogP contribution in [0.2, 0.25) is 0 Å². The first-order valence-electron chi connectivity index (χ1n) is 10.1. The lowest BCUT2D eigenvalue weighted by Gasteiger charge is -2.32. The van der Waals surface area contributed by atoms with Crippen molar-refractivity contribution >= 4 is 11.8 Å². The molecule has 3 rings (SSSR count). The highest BCUT2D eigenvalue weighted by molar-refractivity contribution is 5.94. The number of aryl methyl sites for hydroxylation is 2. The third-order valence-corrected chi connectivity index (χ3v) is 5.63. The molecule has 1 aliphatic heterocycles. The molecule has 8 heteroatoms. The molecule has 2 amide bonds. The fourth-order valence-corrected chi connectivity index (χ4v) is 3.64. The second-order valence-electron chi connectivity index (χ2n) is 7.80. The van der Waals surface area contributed by atoms with Crippen LogP contribution in [0.15, 0.2) is 24.3 Å². The third kappa shape index (κ3) is 5.00. The van der Waals surface area contributed by atoms with Crippen molar-refractivity contribution in [3.63, 3.8) is 0 Å². The fourth-order valence-electron chi connectivity index (χ4n) is 3.64. The van der Waals surface area contributed by atoms with Crippen LogP contribution >= 0.6 is 0 Å². The molecule has 5 nitrogen and oxygen atoms in total. The normalized spacial score (nSPS) is 14.5. The number of benzene rings is 2. The van der Waals surface area contributed by atoms with Gasteiger partial charge in [0.2, 0.25) is 0 Å². The summed E-state index contributed by atoms with van der Waals surface area (Å²) >= 11 is 0. The number of nitrogens with zero attached hydrogens (tertiary/aromatic N) is 1. The van der Waals surface area contributed by atoms with Crippen LogP contribution in [0, 0.1) is 38.2 Å². The van der Waals surface area contributed by atoms with Crippen LogP contribution in [0.3, 0.4) is 0 Å². The molecule has 2 aromatic rings. The quantitative estimate of drug-likeness (QED) is 0.728. The van der Waals surface area contributed by atoms with Gasteiger partial charge in [0.1, 0.15) is 5.75 Å². The second-order valence-corrected chi connectivity index (χ2v) is 7.80. The second kappa shape index (κ2) is 9.41. The lowest BCUT2D eigenvalue weighted by Crippen LogP contribution is -2.47. The largest absolute Gasteiger partial charge is 0.483 e. The zero-order valence-corrected chi connectivity index (χ0v) is 17.7. The van der Waals surface area contributed by atoms with Gasteiger partial charge in [0.25, 0.3) is 11.8 Å². The van der Waals surface area contributed by atoms with Crippen molar-refractivity contribution in [1.82, 2.24) is 10.2 Å². The van der Waals surface area contributed by atoms with Crippen LogP contribution in [0.25, 0.3) is 0 Å². The van der Waals surface area contributed by atoms with Crippen molar-refractivity contribution < 1.29 is 27.5 Å². The van der Waals surface area contributed by atoms with E-state index < -0.39 is 28.9 Å². The average Bonchev–Trinajstić information content (AvgIpc) is 2.75. The minimum atomic E-state index is -1.66. The average molecular weight is 434 g/mol. The van der Waals surface area contributed by atoms with Gasteiger partial charge in [-0.3, -0.25) is 9.59 Å². The Labute approximate surface area is 179 Å². The summed E-state index contributed by atoms with van der Waals surface area (Å²) in [7, 11) is 0. The first-order valence-corrected chi connectivity index (χ1v) is 10.1. The summed E-state index contributed by atoms with van der Waals surface area (Å²) in [6.45, 7) is 6.24. The number of nitrogens with one attached hydrogen (secondary N) is 1. The molecule has 31 heavy (non-hydrogen) atoms. The molecule has 1 aliphatic rings. The van der Waals surface area contributed by atoms with Crippen molar-refractivity contribution in [3.8, 4) is 5.75 Å². The van der Waals surface area contributed by atoms with Gasteiger partial charge in [-0.05, 0) is 62.4 Å². The molecule has 1 saturated heterocycles. The molecule has 1 heterocycles. The van der Waals surface area contributed by atoms with Gasteiger partial charge in [-0.1, -0.05) is 12.1 Å². The number of carbonyl (C=O) groups is 2. The standard InChI is InChI=1S/C23H25F3N2O3/c1-13-4-5-14(2)22(15(13)3)31-12-19(29)27-16-8-10-28(11-9-16)23(30)17-6-7-18(24)21(26)20(17)25/h4-7,16H,8-12H2,1-3H3,(H,27,29). The van der Waals surface area contributed by atoms with Gasteiger partial charge in [-0.25, -0.2) is 13.2 Å². The van der Waals surface area contributed by atoms with Gasteiger partial charge < -0.3 is 15.0 Å². The lowest BCUT2D eigenvalue weighted by molar-refractivity contribution is -0.124. The number of carbonyl (C=O) groups excluding carboxylic acids is 2. The Balaban J connectivity index is 1.51. The fraction of sp³-hybridized carbons (Fsp3) is 0.391. The number of rotatable bonds is 5. The van der Waals surface area contributed by atoms with E-state index in [2.05, 4.69) is 5.32 Å². The van der Waals surface area contributed by atoms with Crippen LogP contribution < -0.4 is 10.1 Å². The molecule has 1 N–H and O–H groups in total. The summed E-state index contributed by atoms with van der Waals surface area (Å²) in [6, 6.07) is 5.46. The summed E-state index contributed by atoms with van der Waals surface area (Å²) in [5, 5.41) is 2.88. The summed E-state index contributed by atoms with van der Waals surface area (Å²) < 4.78 is 46.1. The van der Waals surface area contributed by atoms with Gasteiger partial charge in [0, 0.05) is 19.1 Å². The van der Waals surface area contributed by atoms with Gasteiger partial charge in [-0.2, -0.15) is 0 Å². The SMILES string of the molecule is Cc1ccc(C)c(OCC(=O)NC2CCN(C(=O)c3ccc(F)c(F)c3F)CC2)c1C. The first kappa shape index (κ1) is 22.7. The van der Waals surface area contributed by atoms with E-state index in [-0.39, 0.29) is 31.6 Å². The van der Waals surface area contributed by atoms with Crippen molar-refractivity contribution in [2.45, 2.75) is 39.7 Å². The number of ether oxygens (including phenoxy) is 1. The number of amides is 2. The molecular weight excluding hydrogens is 409 g/mol. The van der Waals surface area contributed by atoms with Gasteiger partial charge in [0.15, 0.2) is 24.1 Å². The summed E-state index contributed by atoms with van der Waals surface area (Å²) in [5.41, 5.74) is 2.52. The molecule has 0 spiro atoms. The summed E-state index contributed by atoms with van der Waals surface area (Å²) in [6.07, 6.45) is 0.927. The minimum absolute atomic E-state index is 0.121. The van der Waals surface area contributed by atoms with Gasteiger partial charge >= 0.3 is 0 Å². The Hall–Kier alpha value is -3.03.